The molecular weight excluding hydrogens is 831 g/mol. The number of likely N-dealkylation sites (tertiary alicyclic amines) is 1. The normalized spacial score (nSPS) is 16.7. The molecule has 0 unspecified atom stereocenters. The predicted molar refractivity (Wildman–Crippen MR) is 244 cm³/mol. The molecule has 64 heavy (non-hydrogen) atoms. The summed E-state index contributed by atoms with van der Waals surface area (Å²) in [6, 6.07) is 34.1. The van der Waals surface area contributed by atoms with Crippen LogP contribution in [0.2, 0.25) is 0 Å². The van der Waals surface area contributed by atoms with Crippen LogP contribution < -0.4 is 5.32 Å². The van der Waals surface area contributed by atoms with E-state index in [0.717, 1.165) is 33.0 Å². The number of amides is 3. The fourth-order valence-corrected chi connectivity index (χ4v) is 10.9. The number of hydrogen-bond acceptors (Lipinski definition) is 9. The van der Waals surface area contributed by atoms with Gasteiger partial charge in [0.05, 0.1) is 34.4 Å². The average molecular weight is 880 g/mol. The minimum atomic E-state index is -4.29. The highest BCUT2D eigenvalue weighted by molar-refractivity contribution is 7.90. The lowest BCUT2D eigenvalue weighted by molar-refractivity contribution is -0.139. The Kier molecular flexibility index (Phi) is 12.6. The number of carboxylic acids is 1. The van der Waals surface area contributed by atoms with Gasteiger partial charge in [-0.2, -0.15) is 0 Å². The van der Waals surface area contributed by atoms with Crippen molar-refractivity contribution < 1.29 is 37.4 Å². The Labute approximate surface area is 372 Å². The number of cyclic esters (lactones) is 1. The number of para-hydroxylation sites is 2. The number of carbonyl (C=O) groups is 4. The lowest BCUT2D eigenvalue weighted by Crippen LogP contribution is -2.39. The van der Waals surface area contributed by atoms with Crippen molar-refractivity contribution in [2.75, 3.05) is 25.0 Å². The van der Waals surface area contributed by atoms with Crippen LogP contribution in [0.15, 0.2) is 137 Å². The summed E-state index contributed by atoms with van der Waals surface area (Å²) < 4.78 is 35.7. The Morgan fingerprint density at radius 1 is 0.859 bits per heavy atom. The van der Waals surface area contributed by atoms with Crippen LogP contribution in [0.25, 0.3) is 10.9 Å². The number of aliphatic carboxylic acids is 1. The second-order valence-electron chi connectivity index (χ2n) is 16.4. The van der Waals surface area contributed by atoms with E-state index in [0.29, 0.717) is 46.3 Å². The van der Waals surface area contributed by atoms with Gasteiger partial charge < -0.3 is 15.2 Å². The second-order valence-corrected chi connectivity index (χ2v) is 18.1. The summed E-state index contributed by atoms with van der Waals surface area (Å²) in [5, 5.41) is 14.8. The van der Waals surface area contributed by atoms with Crippen LogP contribution in [-0.4, -0.2) is 88.7 Å². The molecule has 2 aliphatic rings. The van der Waals surface area contributed by atoms with Gasteiger partial charge >= 0.3 is 12.1 Å². The maximum atomic E-state index is 14.7. The molecule has 6 aromatic rings. The van der Waals surface area contributed by atoms with Gasteiger partial charge in [-0.3, -0.25) is 19.5 Å². The Bertz CT molecular complexity index is 2870. The first-order chi connectivity index (χ1) is 30.8. The van der Waals surface area contributed by atoms with E-state index < -0.39 is 52.4 Å². The van der Waals surface area contributed by atoms with Crippen LogP contribution in [0.4, 0.5) is 10.5 Å². The van der Waals surface area contributed by atoms with Crippen molar-refractivity contribution >= 4 is 56.2 Å². The predicted octanol–water partition coefficient (Wildman–Crippen LogP) is 7.85. The van der Waals surface area contributed by atoms with Gasteiger partial charge in [0.15, 0.2) is 6.04 Å². The number of rotatable bonds is 14. The maximum Gasteiger partial charge on any atom is 0.416 e. The number of imide groups is 1. The zero-order valence-electron chi connectivity index (χ0n) is 35.8. The highest BCUT2D eigenvalue weighted by Gasteiger charge is 2.39. The molecule has 1 aromatic heterocycles. The van der Waals surface area contributed by atoms with Crippen LogP contribution in [0.5, 0.6) is 0 Å². The standard InChI is InChI=1S/C50H49N5O8S/c1-32-27-33(2)47(34(3)28-32)64(61,62)55-31-40(37-19-11-13-22-42(37)55)39(29-44(56)54-25-26-63-50(54)60)46(49(58)59)52-45(36-17-8-5-9-18-36)38-20-10-12-21-41(38)51-48(57)43-23-14-24-53(43)30-35-15-6-4-7-16-35/h4-13,15-22,27-28,31,39,43,46H,14,23-26,29-30H2,1-3H3,(H,51,57)(H,58,59)/t39-,43+,46+/m1/s1. The van der Waals surface area contributed by atoms with Gasteiger partial charge in [-0.05, 0) is 74.5 Å². The Balaban J connectivity index is 1.26. The number of carboxylic acid groups (broad SMARTS) is 1. The molecule has 0 spiro atoms. The van der Waals surface area contributed by atoms with E-state index in [4.69, 9.17) is 9.73 Å². The van der Waals surface area contributed by atoms with Crippen molar-refractivity contribution in [3.8, 4) is 0 Å². The van der Waals surface area contributed by atoms with E-state index in [-0.39, 0.29) is 40.7 Å². The lowest BCUT2D eigenvalue weighted by Gasteiger charge is -2.25. The summed E-state index contributed by atoms with van der Waals surface area (Å²) in [4.78, 5) is 63.1. The minimum absolute atomic E-state index is 0.0198. The van der Waals surface area contributed by atoms with Crippen LogP contribution >= 0.6 is 0 Å². The van der Waals surface area contributed by atoms with Crippen molar-refractivity contribution in [1.29, 1.82) is 0 Å². The van der Waals surface area contributed by atoms with Gasteiger partial charge in [0.2, 0.25) is 11.8 Å². The molecule has 2 saturated heterocycles. The molecule has 328 valence electrons. The Morgan fingerprint density at radius 3 is 2.20 bits per heavy atom. The number of ether oxygens (including phenoxy) is 1. The van der Waals surface area contributed by atoms with Gasteiger partial charge in [-0.15, -0.1) is 0 Å². The van der Waals surface area contributed by atoms with E-state index in [1.54, 1.807) is 98.8 Å². The maximum absolute atomic E-state index is 14.7. The van der Waals surface area contributed by atoms with E-state index in [1.807, 2.05) is 43.3 Å². The molecule has 2 aliphatic heterocycles. The van der Waals surface area contributed by atoms with Gasteiger partial charge in [0.25, 0.3) is 10.0 Å². The van der Waals surface area contributed by atoms with Crippen LogP contribution in [-0.2, 0) is 35.7 Å². The number of aromatic nitrogens is 1. The fraction of sp³-hybridized carbons (Fsp3) is 0.260. The molecular formula is C50H49N5O8S. The first kappa shape index (κ1) is 43.7. The number of fused-ring (bicyclic) bond motifs is 1. The van der Waals surface area contributed by atoms with Crippen molar-refractivity contribution in [3.05, 3.63) is 166 Å². The Hall–Kier alpha value is -6.90. The minimum Gasteiger partial charge on any atom is -0.480 e. The summed E-state index contributed by atoms with van der Waals surface area (Å²) in [6.45, 7) is 6.65. The number of anilines is 1. The molecule has 14 heteroatoms. The van der Waals surface area contributed by atoms with Crippen molar-refractivity contribution in [3.63, 3.8) is 0 Å². The molecule has 2 fully saturated rings. The first-order valence-corrected chi connectivity index (χ1v) is 22.7. The molecule has 3 heterocycles. The van der Waals surface area contributed by atoms with E-state index >= 15 is 0 Å². The number of hydrogen-bond donors (Lipinski definition) is 2. The zero-order chi connectivity index (χ0) is 45.1. The van der Waals surface area contributed by atoms with Gasteiger partial charge in [-0.25, -0.2) is 26.9 Å². The van der Waals surface area contributed by atoms with Crippen LogP contribution in [0.1, 0.15) is 64.1 Å². The first-order valence-electron chi connectivity index (χ1n) is 21.3. The molecule has 0 bridgehead atoms. The van der Waals surface area contributed by atoms with Crippen LogP contribution in [0, 0.1) is 20.8 Å². The van der Waals surface area contributed by atoms with Gasteiger partial charge in [0, 0.05) is 41.6 Å². The van der Waals surface area contributed by atoms with Crippen molar-refractivity contribution in [2.24, 2.45) is 4.99 Å². The quantitative estimate of drug-likeness (QED) is 0.104. The topological polar surface area (TPSA) is 168 Å². The Morgan fingerprint density at radius 2 is 1.52 bits per heavy atom. The SMILES string of the molecule is Cc1cc(C)c(S(=O)(=O)n2cc([C@@H](CC(=O)N3CCOC3=O)[C@H](N=C(c3ccccc3)c3ccccc3NC(=O)[C@@H]3CCCN3Cc3ccccc3)C(=O)O)c3ccccc32)c(C)c1. The number of nitrogens with one attached hydrogen (secondary N) is 1. The number of nitrogens with zero attached hydrogens (tertiary/aromatic N) is 4. The highest BCUT2D eigenvalue weighted by Crippen LogP contribution is 2.38. The summed E-state index contributed by atoms with van der Waals surface area (Å²) in [5.74, 6) is -3.63. The molecule has 0 saturated carbocycles. The summed E-state index contributed by atoms with van der Waals surface area (Å²) >= 11 is 0. The fourth-order valence-electron chi connectivity index (χ4n) is 9.15. The molecule has 0 radical (unpaired) electrons. The molecule has 2 N–H and O–H groups in total. The van der Waals surface area contributed by atoms with Crippen LogP contribution in [0.3, 0.4) is 0 Å². The third-order valence-electron chi connectivity index (χ3n) is 12.0. The second kappa shape index (κ2) is 18.4. The van der Waals surface area contributed by atoms with Gasteiger partial charge in [-0.1, -0.05) is 115 Å². The van der Waals surface area contributed by atoms with E-state index in [2.05, 4.69) is 10.2 Å². The number of carbonyl (C=O) groups excluding carboxylic acids is 3. The third kappa shape index (κ3) is 8.84. The van der Waals surface area contributed by atoms with E-state index in [1.165, 1.54) is 6.20 Å². The highest BCUT2D eigenvalue weighted by atomic mass is 32.2. The summed E-state index contributed by atoms with van der Waals surface area (Å²) in [7, 11) is -4.29. The van der Waals surface area contributed by atoms with Crippen molar-refractivity contribution in [2.45, 2.75) is 69.5 Å². The number of benzene rings is 5. The molecule has 13 nitrogen and oxygen atoms in total. The number of aryl methyl sites for hydroxylation is 3. The average Bonchev–Trinajstić information content (AvgIpc) is 4.03. The lowest BCUT2D eigenvalue weighted by atomic mass is 9.87. The molecule has 8 rings (SSSR count). The zero-order valence-corrected chi connectivity index (χ0v) is 36.6. The summed E-state index contributed by atoms with van der Waals surface area (Å²) in [5.41, 5.74) is 5.17. The molecule has 3 amide bonds. The molecule has 5 aromatic carbocycles. The van der Waals surface area contributed by atoms with Crippen molar-refractivity contribution in [1.82, 2.24) is 13.8 Å². The smallest absolute Gasteiger partial charge is 0.416 e. The number of aliphatic imine (C=N–C) groups is 1. The monoisotopic (exact) mass is 879 g/mol. The molecule has 0 aliphatic carbocycles. The molecule has 3 atom stereocenters. The van der Waals surface area contributed by atoms with E-state index in [9.17, 15) is 32.7 Å². The largest absolute Gasteiger partial charge is 0.480 e. The van der Waals surface area contributed by atoms with Gasteiger partial charge in [0.1, 0.15) is 6.61 Å². The third-order valence-corrected chi connectivity index (χ3v) is 14.0. The summed E-state index contributed by atoms with van der Waals surface area (Å²) in [6.07, 6.45) is 1.50.